The number of carbonyl (C=O) groups is 1. The van der Waals surface area contributed by atoms with Crippen molar-refractivity contribution in [3.8, 4) is 0 Å². The van der Waals surface area contributed by atoms with E-state index in [1.807, 2.05) is 6.07 Å². The Morgan fingerprint density at radius 3 is 2.63 bits per heavy atom. The monoisotopic (exact) mass is 371 g/mol. The van der Waals surface area contributed by atoms with E-state index in [9.17, 15) is 9.18 Å². The van der Waals surface area contributed by atoms with Crippen molar-refractivity contribution in [2.24, 2.45) is 5.92 Å². The van der Waals surface area contributed by atoms with Crippen LogP contribution in [0.3, 0.4) is 0 Å². The van der Waals surface area contributed by atoms with Gasteiger partial charge in [-0.15, -0.1) is 0 Å². The fraction of sp³-hybridized carbons (Fsp3) is 0.435. The largest absolute Gasteiger partial charge is 0.466 e. The van der Waals surface area contributed by atoms with Gasteiger partial charge in [-0.3, -0.25) is 0 Å². The van der Waals surface area contributed by atoms with Crippen molar-refractivity contribution in [3.63, 3.8) is 0 Å². The molecule has 0 N–H and O–H groups in total. The van der Waals surface area contributed by atoms with Crippen LogP contribution in [0, 0.1) is 5.92 Å². The third-order valence-electron chi connectivity index (χ3n) is 4.92. The summed E-state index contributed by atoms with van der Waals surface area (Å²) in [6.45, 7) is 11.2. The number of fused-ring (bicyclic) bond motifs is 1. The third-order valence-corrected chi connectivity index (χ3v) is 4.92. The standard InChI is InChI=1S/C23H30FNO2/c1-15(2)25-14-17(4)11-20-13-19(8-10-22(20)25)18(5)21(24)9-7-16(3)12-23(26)27-6/h7-10,12-13,15,17H,11,14H2,1-6H3. The number of benzene rings is 1. The van der Waals surface area contributed by atoms with Crippen LogP contribution in [-0.2, 0) is 16.0 Å². The molecule has 4 heteroatoms. The number of hydrogen-bond donors (Lipinski definition) is 0. The quantitative estimate of drug-likeness (QED) is 0.390. The van der Waals surface area contributed by atoms with Crippen LogP contribution in [0.1, 0.15) is 45.7 Å². The molecule has 2 rings (SSSR count). The fourth-order valence-corrected chi connectivity index (χ4v) is 3.39. The molecule has 0 fully saturated rings. The Hall–Kier alpha value is -2.36. The summed E-state index contributed by atoms with van der Waals surface area (Å²) in [5.41, 5.74) is 4.65. The Bertz CT molecular complexity index is 790. The van der Waals surface area contributed by atoms with Crippen molar-refractivity contribution in [1.29, 1.82) is 0 Å². The van der Waals surface area contributed by atoms with E-state index in [1.54, 1.807) is 19.9 Å². The van der Waals surface area contributed by atoms with Crippen molar-refractivity contribution in [1.82, 2.24) is 0 Å². The number of anilines is 1. The van der Waals surface area contributed by atoms with E-state index in [2.05, 4.69) is 42.5 Å². The van der Waals surface area contributed by atoms with Crippen LogP contribution in [0.15, 0.2) is 47.8 Å². The number of ether oxygens (including phenoxy) is 1. The van der Waals surface area contributed by atoms with Crippen LogP contribution < -0.4 is 4.90 Å². The van der Waals surface area contributed by atoms with E-state index in [0.717, 1.165) is 18.5 Å². The van der Waals surface area contributed by atoms with Crippen LogP contribution in [0.25, 0.3) is 5.57 Å². The molecule has 3 nitrogen and oxygen atoms in total. The highest BCUT2D eigenvalue weighted by atomic mass is 19.1. The molecule has 0 saturated heterocycles. The van der Waals surface area contributed by atoms with E-state index in [1.165, 1.54) is 30.5 Å². The number of methoxy groups -OCH3 is 1. The number of rotatable bonds is 5. The van der Waals surface area contributed by atoms with E-state index < -0.39 is 5.97 Å². The van der Waals surface area contributed by atoms with E-state index >= 15 is 0 Å². The molecule has 1 unspecified atom stereocenters. The van der Waals surface area contributed by atoms with Gasteiger partial charge >= 0.3 is 5.97 Å². The Morgan fingerprint density at radius 1 is 1.30 bits per heavy atom. The molecule has 0 bridgehead atoms. The third kappa shape index (κ3) is 5.31. The molecule has 0 spiro atoms. The highest BCUT2D eigenvalue weighted by molar-refractivity contribution is 5.83. The highest BCUT2D eigenvalue weighted by Gasteiger charge is 2.23. The summed E-state index contributed by atoms with van der Waals surface area (Å²) in [7, 11) is 1.32. The van der Waals surface area contributed by atoms with Gasteiger partial charge in [0.05, 0.1) is 7.11 Å². The van der Waals surface area contributed by atoms with Gasteiger partial charge in [0.2, 0.25) is 0 Å². The van der Waals surface area contributed by atoms with Gasteiger partial charge in [0.1, 0.15) is 5.83 Å². The summed E-state index contributed by atoms with van der Waals surface area (Å²) in [6.07, 6.45) is 5.32. The highest BCUT2D eigenvalue weighted by Crippen LogP contribution is 2.34. The first-order chi connectivity index (χ1) is 12.7. The summed E-state index contributed by atoms with van der Waals surface area (Å²) >= 11 is 0. The molecule has 0 amide bonds. The van der Waals surface area contributed by atoms with Crippen molar-refractivity contribution in [2.45, 2.75) is 47.1 Å². The fourth-order valence-electron chi connectivity index (χ4n) is 3.39. The number of halogens is 1. The van der Waals surface area contributed by atoms with Gasteiger partial charge < -0.3 is 9.64 Å². The molecule has 1 aliphatic heterocycles. The topological polar surface area (TPSA) is 29.5 Å². The Kier molecular flexibility index (Phi) is 7.00. The summed E-state index contributed by atoms with van der Waals surface area (Å²) in [6, 6.07) is 6.65. The van der Waals surface area contributed by atoms with Crippen LogP contribution >= 0.6 is 0 Å². The maximum Gasteiger partial charge on any atom is 0.330 e. The van der Waals surface area contributed by atoms with Crippen LogP contribution in [0.4, 0.5) is 10.1 Å². The van der Waals surface area contributed by atoms with Gasteiger partial charge in [0.25, 0.3) is 0 Å². The zero-order valence-corrected chi connectivity index (χ0v) is 17.2. The van der Waals surface area contributed by atoms with Gasteiger partial charge in [-0.1, -0.05) is 19.1 Å². The first-order valence-electron chi connectivity index (χ1n) is 9.43. The van der Waals surface area contributed by atoms with Gasteiger partial charge in [0.15, 0.2) is 0 Å². The van der Waals surface area contributed by atoms with E-state index in [-0.39, 0.29) is 5.83 Å². The van der Waals surface area contributed by atoms with Crippen molar-refractivity contribution >= 4 is 17.2 Å². The zero-order valence-electron chi connectivity index (χ0n) is 17.2. The number of nitrogens with zero attached hydrogens (tertiary/aromatic N) is 1. The lowest BCUT2D eigenvalue weighted by Crippen LogP contribution is -2.39. The second-order valence-corrected chi connectivity index (χ2v) is 7.62. The molecule has 1 aliphatic rings. The molecule has 1 aromatic rings. The molecular weight excluding hydrogens is 341 g/mol. The van der Waals surface area contributed by atoms with Crippen LogP contribution in [0.5, 0.6) is 0 Å². The van der Waals surface area contributed by atoms with Gasteiger partial charge in [0, 0.05) is 24.4 Å². The molecular formula is C23H30FNO2. The lowest BCUT2D eigenvalue weighted by molar-refractivity contribution is -0.134. The first-order valence-corrected chi connectivity index (χ1v) is 9.43. The Morgan fingerprint density at radius 2 is 2.00 bits per heavy atom. The average Bonchev–Trinajstić information content (AvgIpc) is 2.63. The van der Waals surface area contributed by atoms with Crippen molar-refractivity contribution in [3.05, 3.63) is 59.0 Å². The van der Waals surface area contributed by atoms with Gasteiger partial charge in [-0.2, -0.15) is 0 Å². The molecule has 0 aromatic heterocycles. The summed E-state index contributed by atoms with van der Waals surface area (Å²) in [5.74, 6) is -0.177. The summed E-state index contributed by atoms with van der Waals surface area (Å²) in [4.78, 5) is 13.6. The minimum Gasteiger partial charge on any atom is -0.466 e. The molecule has 1 atom stereocenters. The smallest absolute Gasteiger partial charge is 0.330 e. The number of carbonyl (C=O) groups excluding carboxylic acids is 1. The van der Waals surface area contributed by atoms with Crippen molar-refractivity contribution < 1.29 is 13.9 Å². The molecule has 1 aromatic carbocycles. The maximum absolute atomic E-state index is 14.6. The molecule has 27 heavy (non-hydrogen) atoms. The molecule has 0 saturated carbocycles. The number of allylic oxidation sites excluding steroid dienone is 5. The lowest BCUT2D eigenvalue weighted by atomic mass is 9.90. The molecule has 0 radical (unpaired) electrons. The number of esters is 1. The molecule has 146 valence electrons. The predicted molar refractivity (Wildman–Crippen MR) is 110 cm³/mol. The van der Waals surface area contributed by atoms with Gasteiger partial charge in [-0.25, -0.2) is 9.18 Å². The van der Waals surface area contributed by atoms with Gasteiger partial charge in [-0.05, 0) is 80.5 Å². The summed E-state index contributed by atoms with van der Waals surface area (Å²) < 4.78 is 19.2. The lowest BCUT2D eigenvalue weighted by Gasteiger charge is -2.38. The summed E-state index contributed by atoms with van der Waals surface area (Å²) in [5, 5.41) is 0. The second-order valence-electron chi connectivity index (χ2n) is 7.62. The van der Waals surface area contributed by atoms with Crippen LogP contribution in [-0.4, -0.2) is 25.7 Å². The van der Waals surface area contributed by atoms with E-state index in [0.29, 0.717) is 23.1 Å². The second kappa shape index (κ2) is 9.03. The maximum atomic E-state index is 14.6. The minimum absolute atomic E-state index is 0.308. The van der Waals surface area contributed by atoms with Crippen molar-refractivity contribution in [2.75, 3.05) is 18.6 Å². The molecule has 1 heterocycles. The minimum atomic E-state index is -0.447. The Labute approximate surface area is 162 Å². The van der Waals surface area contributed by atoms with E-state index in [4.69, 9.17) is 0 Å². The zero-order chi connectivity index (χ0) is 20.1. The molecule has 0 aliphatic carbocycles. The number of hydrogen-bond acceptors (Lipinski definition) is 3. The first kappa shape index (κ1) is 20.9. The Balaban J connectivity index is 2.29. The predicted octanol–water partition coefficient (Wildman–Crippen LogP) is 5.47. The van der Waals surface area contributed by atoms with Crippen LogP contribution in [0.2, 0.25) is 0 Å². The average molecular weight is 371 g/mol. The normalized spacial score (nSPS) is 18.6. The SMILES string of the molecule is COC(=O)C=C(C)C=CC(F)=C(C)c1ccc2c(c1)CC(C)CN2C(C)C.